The van der Waals surface area contributed by atoms with Crippen molar-refractivity contribution < 1.29 is 85.1 Å². The second-order valence-corrected chi connectivity index (χ2v) is 9.73. The van der Waals surface area contributed by atoms with E-state index in [-0.39, 0.29) is 64.7 Å². The first kappa shape index (κ1) is 32.5. The molecule has 0 atom stereocenters. The second-order valence-electron chi connectivity index (χ2n) is 7.06. The van der Waals surface area contributed by atoms with Gasteiger partial charge in [-0.25, -0.2) is 16.8 Å². The van der Waals surface area contributed by atoms with E-state index in [0.29, 0.717) is 5.56 Å². The van der Waals surface area contributed by atoms with Gasteiger partial charge in [-0.05, 0) is 22.8 Å². The van der Waals surface area contributed by atoms with Gasteiger partial charge >= 0.3 is 59.1 Å². The van der Waals surface area contributed by atoms with E-state index in [0.717, 1.165) is 6.07 Å². The molecule has 0 unspecified atom stereocenters. The van der Waals surface area contributed by atoms with Crippen molar-refractivity contribution in [2.45, 2.75) is 9.79 Å². The zero-order chi connectivity index (χ0) is 24.6. The maximum Gasteiger partial charge on any atom is 1.00 e. The standard InChI is InChI=1S/C14H12.C12H10O6S2.2Na/c1-3-7-13(8-4-1)11-12-14-9-5-2-6-10-14;13-19(14,15)11-8-4-7-10(12(11)20(16,17)18)9-5-2-1-3-6-9;;/h1-12H;1-8H,(H,13,14,15)(H,16,17,18);;/q;;2*+1/p-2. The van der Waals surface area contributed by atoms with Crippen LogP contribution >= 0.6 is 0 Å². The summed E-state index contributed by atoms with van der Waals surface area (Å²) in [5.41, 5.74) is 2.68. The Hall–Kier alpha value is -1.56. The first-order valence-electron chi connectivity index (χ1n) is 10.0. The van der Waals surface area contributed by atoms with E-state index < -0.39 is 30.0 Å². The van der Waals surface area contributed by atoms with Crippen molar-refractivity contribution in [3.05, 3.63) is 120 Å². The van der Waals surface area contributed by atoms with Gasteiger partial charge in [0, 0.05) is 5.56 Å². The smallest absolute Gasteiger partial charge is 0.744 e. The fraction of sp³-hybridized carbons (Fsp3) is 0. The average Bonchev–Trinajstić information content (AvgIpc) is 2.83. The van der Waals surface area contributed by atoms with Gasteiger partial charge in [0.25, 0.3) is 0 Å². The summed E-state index contributed by atoms with van der Waals surface area (Å²) >= 11 is 0. The molecule has 0 aliphatic rings. The van der Waals surface area contributed by atoms with Crippen LogP contribution in [0.25, 0.3) is 23.3 Å². The van der Waals surface area contributed by atoms with Crippen molar-refractivity contribution in [2.24, 2.45) is 0 Å². The summed E-state index contributed by atoms with van der Waals surface area (Å²) < 4.78 is 67.4. The van der Waals surface area contributed by atoms with E-state index >= 15 is 0 Å². The van der Waals surface area contributed by atoms with Crippen LogP contribution in [-0.2, 0) is 20.2 Å². The van der Waals surface area contributed by atoms with Crippen LogP contribution in [0.4, 0.5) is 0 Å². The van der Waals surface area contributed by atoms with Gasteiger partial charge in [-0.15, -0.1) is 0 Å². The van der Waals surface area contributed by atoms with Crippen LogP contribution in [0.5, 0.6) is 0 Å². The van der Waals surface area contributed by atoms with E-state index in [1.165, 1.54) is 35.4 Å². The fourth-order valence-corrected chi connectivity index (χ4v) is 5.10. The Balaban J connectivity index is 0.000000359. The average molecular weight is 539 g/mol. The Kier molecular flexibility index (Phi) is 13.5. The van der Waals surface area contributed by atoms with Crippen LogP contribution < -0.4 is 59.1 Å². The largest absolute Gasteiger partial charge is 1.00 e. The Bertz CT molecular complexity index is 1430. The van der Waals surface area contributed by atoms with Crippen molar-refractivity contribution in [1.82, 2.24) is 0 Å². The van der Waals surface area contributed by atoms with Crippen molar-refractivity contribution >= 4 is 32.4 Å². The molecule has 0 amide bonds. The molecule has 10 heteroatoms. The summed E-state index contributed by atoms with van der Waals surface area (Å²) in [5, 5.41) is 0. The maximum atomic E-state index is 11.3. The third kappa shape index (κ3) is 9.72. The molecule has 0 bridgehead atoms. The van der Waals surface area contributed by atoms with Crippen molar-refractivity contribution in [1.29, 1.82) is 0 Å². The summed E-state index contributed by atoms with van der Waals surface area (Å²) in [6, 6.07) is 31.8. The number of hydrogen-bond acceptors (Lipinski definition) is 6. The van der Waals surface area contributed by atoms with E-state index in [4.69, 9.17) is 0 Å². The van der Waals surface area contributed by atoms with E-state index in [9.17, 15) is 25.9 Å². The van der Waals surface area contributed by atoms with Crippen LogP contribution in [0.15, 0.2) is 119 Å². The Morgan fingerprint density at radius 1 is 0.500 bits per heavy atom. The van der Waals surface area contributed by atoms with E-state index in [1.807, 2.05) is 36.4 Å². The van der Waals surface area contributed by atoms with Gasteiger partial charge in [-0.3, -0.25) is 0 Å². The van der Waals surface area contributed by atoms with Crippen LogP contribution in [0.1, 0.15) is 11.1 Å². The third-order valence-corrected chi connectivity index (χ3v) is 6.60. The zero-order valence-electron chi connectivity index (χ0n) is 19.8. The summed E-state index contributed by atoms with van der Waals surface area (Å²) in [4.78, 5) is -2.05. The molecule has 0 N–H and O–H groups in total. The monoisotopic (exact) mass is 538 g/mol. The van der Waals surface area contributed by atoms with Crippen molar-refractivity contribution in [3.8, 4) is 11.1 Å². The van der Waals surface area contributed by atoms with E-state index in [1.54, 1.807) is 18.2 Å². The van der Waals surface area contributed by atoms with Crippen LogP contribution in [0, 0.1) is 0 Å². The minimum absolute atomic E-state index is 0. The van der Waals surface area contributed by atoms with Crippen molar-refractivity contribution in [2.75, 3.05) is 0 Å². The third-order valence-electron chi connectivity index (χ3n) is 4.65. The molecule has 0 aliphatic carbocycles. The van der Waals surface area contributed by atoms with Gasteiger partial charge in [0.15, 0.2) is 0 Å². The SMILES string of the molecule is C(=Cc1ccccc1)c1ccccc1.O=S(=O)([O-])c1cccc(-c2ccccc2)c1S(=O)(=O)[O-].[Na+].[Na+]. The first-order chi connectivity index (χ1) is 16.2. The summed E-state index contributed by atoms with van der Waals surface area (Å²) in [6.45, 7) is 0. The summed E-state index contributed by atoms with van der Waals surface area (Å²) in [5.74, 6) is 0. The normalized spacial score (nSPS) is 10.9. The van der Waals surface area contributed by atoms with Gasteiger partial charge in [-0.1, -0.05) is 115 Å². The van der Waals surface area contributed by atoms with Crippen molar-refractivity contribution in [3.63, 3.8) is 0 Å². The molecular formula is C26H20Na2O6S2. The molecule has 174 valence electrons. The molecule has 0 spiro atoms. The molecule has 4 aromatic rings. The molecule has 0 aromatic heterocycles. The molecule has 4 aromatic carbocycles. The number of hydrogen-bond donors (Lipinski definition) is 0. The van der Waals surface area contributed by atoms with E-state index in [2.05, 4.69) is 36.4 Å². The molecule has 6 nitrogen and oxygen atoms in total. The predicted molar refractivity (Wildman–Crippen MR) is 130 cm³/mol. The number of rotatable bonds is 5. The predicted octanol–water partition coefficient (Wildman–Crippen LogP) is -0.973. The quantitative estimate of drug-likeness (QED) is 0.184. The molecule has 0 fully saturated rings. The topological polar surface area (TPSA) is 114 Å². The molecule has 0 saturated carbocycles. The molecule has 0 saturated heterocycles. The van der Waals surface area contributed by atoms with Gasteiger partial charge in [0.1, 0.15) is 20.2 Å². The number of benzene rings is 4. The minimum atomic E-state index is -5.12. The Morgan fingerprint density at radius 2 is 0.917 bits per heavy atom. The maximum absolute atomic E-state index is 11.3. The molecule has 0 aliphatic heterocycles. The van der Waals surface area contributed by atoms with Gasteiger partial charge in [-0.2, -0.15) is 0 Å². The first-order valence-corrected chi connectivity index (χ1v) is 12.9. The molecule has 0 radical (unpaired) electrons. The fourth-order valence-electron chi connectivity index (χ4n) is 3.14. The summed E-state index contributed by atoms with van der Waals surface area (Å²) in [7, 11) is -10.2. The minimum Gasteiger partial charge on any atom is -0.744 e. The molecular weight excluding hydrogens is 518 g/mol. The van der Waals surface area contributed by atoms with Gasteiger partial charge in [0.05, 0.1) is 9.79 Å². The van der Waals surface area contributed by atoms with Crippen LogP contribution in [0.2, 0.25) is 0 Å². The van der Waals surface area contributed by atoms with Gasteiger partial charge < -0.3 is 9.11 Å². The second kappa shape index (κ2) is 15.0. The van der Waals surface area contributed by atoms with Crippen LogP contribution in [0.3, 0.4) is 0 Å². The zero-order valence-corrected chi connectivity index (χ0v) is 25.4. The van der Waals surface area contributed by atoms with Crippen LogP contribution in [-0.4, -0.2) is 25.9 Å². The molecule has 4 rings (SSSR count). The Labute approximate surface area is 256 Å². The molecule has 36 heavy (non-hydrogen) atoms. The van der Waals surface area contributed by atoms with Gasteiger partial charge in [0.2, 0.25) is 0 Å². The molecule has 0 heterocycles. The summed E-state index contributed by atoms with van der Waals surface area (Å²) in [6.07, 6.45) is 4.24. The Morgan fingerprint density at radius 3 is 1.31 bits per heavy atom.